The van der Waals surface area contributed by atoms with Crippen LogP contribution >= 0.6 is 0 Å². The van der Waals surface area contributed by atoms with E-state index in [0.29, 0.717) is 0 Å². The first kappa shape index (κ1) is 14.9. The second-order valence-corrected chi connectivity index (χ2v) is 5.56. The van der Waals surface area contributed by atoms with Gasteiger partial charge in [-0.25, -0.2) is 0 Å². The molecule has 0 atom stereocenters. The lowest BCUT2D eigenvalue weighted by molar-refractivity contribution is 0.194. The zero-order valence-electron chi connectivity index (χ0n) is 13.0. The minimum Gasteiger partial charge on any atom is -0.276 e. The second-order valence-electron chi connectivity index (χ2n) is 5.56. The molecule has 6 nitrogen and oxygen atoms in total. The van der Waals surface area contributed by atoms with Crippen molar-refractivity contribution >= 4 is 0 Å². The number of aromatic nitrogens is 3. The number of nitrogens with one attached hydrogen (secondary N) is 3. The van der Waals surface area contributed by atoms with Gasteiger partial charge in [-0.1, -0.05) is 18.2 Å². The minimum atomic E-state index is -0.105. The predicted molar refractivity (Wildman–Crippen MR) is 90.3 cm³/mol. The Bertz CT molecular complexity index is 651. The molecule has 6 heteroatoms. The van der Waals surface area contributed by atoms with Crippen molar-refractivity contribution in [2.45, 2.75) is 18.5 Å². The van der Waals surface area contributed by atoms with E-state index in [4.69, 9.17) is 0 Å². The third kappa shape index (κ3) is 3.16. The Morgan fingerprint density at radius 3 is 1.08 bits per heavy atom. The predicted octanol–water partition coefficient (Wildman–Crippen LogP) is 2.05. The summed E-state index contributed by atoms with van der Waals surface area (Å²) in [5.74, 6) is 0. The fourth-order valence-corrected chi connectivity index (χ4v) is 2.80. The maximum absolute atomic E-state index is 4.47. The van der Waals surface area contributed by atoms with Crippen LogP contribution in [-0.4, -0.2) is 15.0 Å². The lowest BCUT2D eigenvalue weighted by atomic mass is 10.1. The van der Waals surface area contributed by atoms with Crippen LogP contribution in [0.5, 0.6) is 0 Å². The molecular formula is C18H18N6. The number of rotatable bonds is 3. The number of pyridine rings is 3. The average molecular weight is 318 g/mol. The molecule has 1 aliphatic heterocycles. The average Bonchev–Trinajstić information content (AvgIpc) is 2.70. The molecule has 1 fully saturated rings. The van der Waals surface area contributed by atoms with Crippen molar-refractivity contribution in [2.24, 2.45) is 0 Å². The third-order valence-corrected chi connectivity index (χ3v) is 3.95. The highest BCUT2D eigenvalue weighted by atomic mass is 15.4. The fourth-order valence-electron chi connectivity index (χ4n) is 2.80. The molecule has 0 saturated carbocycles. The molecule has 4 heterocycles. The molecule has 4 rings (SSSR count). The molecule has 0 radical (unpaired) electrons. The summed E-state index contributed by atoms with van der Waals surface area (Å²) in [5.41, 5.74) is 2.79. The van der Waals surface area contributed by atoms with Crippen LogP contribution in [0.1, 0.15) is 35.6 Å². The Hall–Kier alpha value is -2.67. The van der Waals surface area contributed by atoms with Gasteiger partial charge in [0.05, 0.1) is 17.1 Å². The van der Waals surface area contributed by atoms with E-state index in [1.807, 2.05) is 54.6 Å². The quantitative estimate of drug-likeness (QED) is 0.686. The summed E-state index contributed by atoms with van der Waals surface area (Å²) >= 11 is 0. The van der Waals surface area contributed by atoms with Gasteiger partial charge in [0.25, 0.3) is 0 Å². The normalized spacial score (nSPS) is 23.8. The minimum absolute atomic E-state index is 0.105. The molecule has 3 aromatic rings. The van der Waals surface area contributed by atoms with Crippen LogP contribution in [0.15, 0.2) is 73.2 Å². The Morgan fingerprint density at radius 2 is 0.833 bits per heavy atom. The zero-order valence-corrected chi connectivity index (χ0v) is 13.0. The molecule has 0 bridgehead atoms. The summed E-state index contributed by atoms with van der Waals surface area (Å²) in [7, 11) is 0. The van der Waals surface area contributed by atoms with Gasteiger partial charge in [-0.05, 0) is 36.4 Å². The smallest absolute Gasteiger partial charge is 0.104 e. The first-order chi connectivity index (χ1) is 11.9. The van der Waals surface area contributed by atoms with Gasteiger partial charge in [0, 0.05) is 18.6 Å². The Balaban J connectivity index is 1.66. The molecular weight excluding hydrogens is 300 g/mol. The van der Waals surface area contributed by atoms with Crippen molar-refractivity contribution in [3.05, 3.63) is 90.3 Å². The largest absolute Gasteiger partial charge is 0.276 e. The van der Waals surface area contributed by atoms with E-state index >= 15 is 0 Å². The van der Waals surface area contributed by atoms with Crippen LogP contribution in [0.25, 0.3) is 0 Å². The number of nitrogens with zero attached hydrogens (tertiary/aromatic N) is 3. The molecule has 0 aliphatic carbocycles. The van der Waals surface area contributed by atoms with E-state index in [9.17, 15) is 0 Å². The third-order valence-electron chi connectivity index (χ3n) is 3.95. The molecule has 0 unspecified atom stereocenters. The first-order valence-electron chi connectivity index (χ1n) is 7.91. The highest BCUT2D eigenvalue weighted by Crippen LogP contribution is 2.24. The van der Waals surface area contributed by atoms with Crippen LogP contribution in [0.4, 0.5) is 0 Å². The number of hydrogen-bond acceptors (Lipinski definition) is 6. The number of hydrogen-bond donors (Lipinski definition) is 3. The van der Waals surface area contributed by atoms with Crippen molar-refractivity contribution < 1.29 is 0 Å². The zero-order chi connectivity index (χ0) is 16.2. The second kappa shape index (κ2) is 6.84. The first-order valence-corrected chi connectivity index (χ1v) is 7.91. The summed E-state index contributed by atoms with van der Waals surface area (Å²) in [5, 5.41) is 10.5. The summed E-state index contributed by atoms with van der Waals surface area (Å²) in [6.45, 7) is 0. The SMILES string of the molecule is c1ccc(C2NC(c3ccccn3)NC(c3ccccn3)N2)nc1. The van der Waals surface area contributed by atoms with Crippen molar-refractivity contribution in [1.82, 2.24) is 30.9 Å². The van der Waals surface area contributed by atoms with Gasteiger partial charge in [0.2, 0.25) is 0 Å². The highest BCUT2D eigenvalue weighted by molar-refractivity contribution is 5.17. The van der Waals surface area contributed by atoms with E-state index in [-0.39, 0.29) is 18.5 Å². The topological polar surface area (TPSA) is 74.8 Å². The van der Waals surface area contributed by atoms with Crippen LogP contribution < -0.4 is 16.0 Å². The van der Waals surface area contributed by atoms with Gasteiger partial charge in [-0.2, -0.15) is 0 Å². The van der Waals surface area contributed by atoms with Gasteiger partial charge >= 0.3 is 0 Å². The molecule has 1 saturated heterocycles. The summed E-state index contributed by atoms with van der Waals surface area (Å²) < 4.78 is 0. The summed E-state index contributed by atoms with van der Waals surface area (Å²) in [6, 6.07) is 17.7. The monoisotopic (exact) mass is 318 g/mol. The van der Waals surface area contributed by atoms with Crippen LogP contribution in [0, 0.1) is 0 Å². The lowest BCUT2D eigenvalue weighted by Gasteiger charge is -2.38. The van der Waals surface area contributed by atoms with Crippen LogP contribution in [0.3, 0.4) is 0 Å². The van der Waals surface area contributed by atoms with E-state index in [0.717, 1.165) is 17.1 Å². The summed E-state index contributed by atoms with van der Waals surface area (Å²) in [4.78, 5) is 13.4. The van der Waals surface area contributed by atoms with E-state index in [1.165, 1.54) is 0 Å². The van der Waals surface area contributed by atoms with Gasteiger partial charge in [-0.3, -0.25) is 30.9 Å². The fraction of sp³-hybridized carbons (Fsp3) is 0.167. The molecule has 24 heavy (non-hydrogen) atoms. The van der Waals surface area contributed by atoms with E-state index in [2.05, 4.69) is 30.9 Å². The van der Waals surface area contributed by atoms with Crippen LogP contribution in [-0.2, 0) is 0 Å². The summed E-state index contributed by atoms with van der Waals surface area (Å²) in [6.07, 6.45) is 5.08. The maximum Gasteiger partial charge on any atom is 0.104 e. The molecule has 0 spiro atoms. The van der Waals surface area contributed by atoms with Crippen molar-refractivity contribution in [3.8, 4) is 0 Å². The molecule has 3 aromatic heterocycles. The molecule has 0 aromatic carbocycles. The Kier molecular flexibility index (Phi) is 4.24. The van der Waals surface area contributed by atoms with Gasteiger partial charge < -0.3 is 0 Å². The standard InChI is InChI=1S/C18H18N6/c1-4-10-19-13(7-1)16-22-17(14-8-2-5-11-20-14)24-18(23-16)15-9-3-6-12-21-15/h1-12,16-18,22-24H. The Labute approximate surface area is 140 Å². The van der Waals surface area contributed by atoms with Crippen molar-refractivity contribution in [1.29, 1.82) is 0 Å². The Morgan fingerprint density at radius 1 is 0.500 bits per heavy atom. The van der Waals surface area contributed by atoms with Crippen molar-refractivity contribution in [2.75, 3.05) is 0 Å². The van der Waals surface area contributed by atoms with Crippen molar-refractivity contribution in [3.63, 3.8) is 0 Å². The molecule has 0 amide bonds. The highest BCUT2D eigenvalue weighted by Gasteiger charge is 2.31. The maximum atomic E-state index is 4.47. The molecule has 3 N–H and O–H groups in total. The van der Waals surface area contributed by atoms with Crippen LogP contribution in [0.2, 0.25) is 0 Å². The van der Waals surface area contributed by atoms with E-state index in [1.54, 1.807) is 18.6 Å². The van der Waals surface area contributed by atoms with Gasteiger partial charge in [0.15, 0.2) is 0 Å². The lowest BCUT2D eigenvalue weighted by Crippen LogP contribution is -2.54. The molecule has 1 aliphatic rings. The molecule has 120 valence electrons. The van der Waals surface area contributed by atoms with Gasteiger partial charge in [-0.15, -0.1) is 0 Å². The van der Waals surface area contributed by atoms with E-state index < -0.39 is 0 Å². The van der Waals surface area contributed by atoms with Gasteiger partial charge in [0.1, 0.15) is 18.5 Å².